The minimum atomic E-state index is -0.415. The molecule has 0 radical (unpaired) electrons. The molecule has 2 amide bonds. The molecule has 29 heavy (non-hydrogen) atoms. The van der Waals surface area contributed by atoms with E-state index in [2.05, 4.69) is 34.2 Å². The molecule has 0 bridgehead atoms. The van der Waals surface area contributed by atoms with E-state index in [0.717, 1.165) is 39.3 Å². The van der Waals surface area contributed by atoms with E-state index in [1.165, 1.54) is 0 Å². The number of fused-ring (bicyclic) bond motifs is 2. The van der Waals surface area contributed by atoms with E-state index in [1.54, 1.807) is 4.90 Å². The van der Waals surface area contributed by atoms with Crippen LogP contribution < -0.4 is 4.74 Å². The molecule has 1 saturated heterocycles. The second-order valence-corrected chi connectivity index (χ2v) is 7.82. The molecule has 3 aromatic rings. The summed E-state index contributed by atoms with van der Waals surface area (Å²) in [6.45, 7) is 4.47. The molecule has 0 aliphatic carbocycles. The number of carbonyl (C=O) groups is 1. The van der Waals surface area contributed by atoms with Crippen molar-refractivity contribution in [2.24, 2.45) is 0 Å². The van der Waals surface area contributed by atoms with E-state index in [0.29, 0.717) is 39.2 Å². The van der Waals surface area contributed by atoms with Gasteiger partial charge < -0.3 is 24.6 Å². The third-order valence-electron chi connectivity index (χ3n) is 5.68. The lowest BCUT2D eigenvalue weighted by Crippen LogP contribution is -2.43. The zero-order chi connectivity index (χ0) is 20.0. The number of likely N-dealkylation sites (tertiary alicyclic amines) is 1. The number of β-amino-alcohol motifs (C(OH)–C–C–N with tert-alkyl or cyclic N) is 1. The zero-order valence-corrected chi connectivity index (χ0v) is 16.4. The van der Waals surface area contributed by atoms with Crippen LogP contribution >= 0.6 is 0 Å². The number of imidazole rings is 1. The van der Waals surface area contributed by atoms with Gasteiger partial charge >= 0.3 is 6.03 Å². The third-order valence-corrected chi connectivity index (χ3v) is 5.68. The van der Waals surface area contributed by atoms with Crippen LogP contribution in [-0.2, 0) is 6.54 Å². The second-order valence-electron chi connectivity index (χ2n) is 7.82. The van der Waals surface area contributed by atoms with Crippen LogP contribution in [0.4, 0.5) is 4.79 Å². The number of aromatic nitrogens is 2. The van der Waals surface area contributed by atoms with Gasteiger partial charge in [-0.05, 0) is 48.7 Å². The SMILES string of the molecule is Cc1nc2ccc(-c3ccc4c(c3)CN(C(=O)N3CC[C@@H](O)C3)CCO4)cc2[nH]1. The first-order valence-electron chi connectivity index (χ1n) is 10.0. The summed E-state index contributed by atoms with van der Waals surface area (Å²) >= 11 is 0. The number of aliphatic hydroxyl groups excluding tert-OH is 1. The molecule has 2 N–H and O–H groups in total. The Morgan fingerprint density at radius 1 is 1.17 bits per heavy atom. The molecule has 1 fully saturated rings. The van der Waals surface area contributed by atoms with Crippen molar-refractivity contribution in [2.75, 3.05) is 26.2 Å². The maximum atomic E-state index is 12.9. The number of rotatable bonds is 1. The number of aryl methyl sites for hydroxylation is 1. The number of hydrogen-bond donors (Lipinski definition) is 2. The highest BCUT2D eigenvalue weighted by Gasteiger charge is 2.29. The van der Waals surface area contributed by atoms with Crippen molar-refractivity contribution in [3.05, 3.63) is 47.8 Å². The molecular weight excluding hydrogens is 368 g/mol. The Balaban J connectivity index is 1.43. The molecule has 7 nitrogen and oxygen atoms in total. The molecule has 2 aliphatic rings. The fraction of sp³-hybridized carbons (Fsp3) is 0.364. The van der Waals surface area contributed by atoms with Crippen LogP contribution in [0.5, 0.6) is 5.75 Å². The molecule has 1 atom stereocenters. The highest BCUT2D eigenvalue weighted by atomic mass is 16.5. The Labute approximate surface area is 168 Å². The van der Waals surface area contributed by atoms with Crippen molar-refractivity contribution in [3.8, 4) is 16.9 Å². The van der Waals surface area contributed by atoms with E-state index < -0.39 is 6.10 Å². The van der Waals surface area contributed by atoms with Crippen molar-refractivity contribution in [3.63, 3.8) is 0 Å². The molecule has 0 unspecified atom stereocenters. The summed E-state index contributed by atoms with van der Waals surface area (Å²) in [6, 6.07) is 12.3. The summed E-state index contributed by atoms with van der Waals surface area (Å²) in [7, 11) is 0. The molecule has 3 heterocycles. The van der Waals surface area contributed by atoms with Crippen molar-refractivity contribution < 1.29 is 14.6 Å². The highest BCUT2D eigenvalue weighted by molar-refractivity contribution is 5.82. The number of hydrogen-bond acceptors (Lipinski definition) is 4. The summed E-state index contributed by atoms with van der Waals surface area (Å²) in [5.41, 5.74) is 5.12. The van der Waals surface area contributed by atoms with E-state index in [4.69, 9.17) is 4.74 Å². The van der Waals surface area contributed by atoms with Gasteiger partial charge in [0.05, 0.1) is 30.2 Å². The topological polar surface area (TPSA) is 81.7 Å². The van der Waals surface area contributed by atoms with E-state index in [1.807, 2.05) is 24.0 Å². The van der Waals surface area contributed by atoms with Gasteiger partial charge in [0.1, 0.15) is 18.2 Å². The van der Waals surface area contributed by atoms with E-state index >= 15 is 0 Å². The lowest BCUT2D eigenvalue weighted by Gasteiger charge is -2.26. The maximum absolute atomic E-state index is 12.9. The number of ether oxygens (including phenoxy) is 1. The van der Waals surface area contributed by atoms with Crippen molar-refractivity contribution in [1.29, 1.82) is 0 Å². The van der Waals surface area contributed by atoms with Crippen LogP contribution in [-0.4, -0.2) is 63.3 Å². The fourth-order valence-electron chi connectivity index (χ4n) is 4.17. The van der Waals surface area contributed by atoms with E-state index in [-0.39, 0.29) is 6.03 Å². The first-order valence-corrected chi connectivity index (χ1v) is 10.0. The first-order chi connectivity index (χ1) is 14.1. The summed E-state index contributed by atoms with van der Waals surface area (Å²) < 4.78 is 5.90. The van der Waals surface area contributed by atoms with Crippen LogP contribution in [0.3, 0.4) is 0 Å². The van der Waals surface area contributed by atoms with Crippen molar-refractivity contribution in [1.82, 2.24) is 19.8 Å². The lowest BCUT2D eigenvalue weighted by molar-refractivity contribution is 0.141. The Hall–Kier alpha value is -3.06. The van der Waals surface area contributed by atoms with E-state index in [9.17, 15) is 9.90 Å². The standard InChI is InChI=1S/C22H24N4O3/c1-14-23-19-4-2-16(11-20(19)24-14)15-3-5-21-17(10-15)12-26(8-9-29-21)22(28)25-7-6-18(27)13-25/h2-5,10-11,18,27H,6-9,12-13H2,1H3,(H,23,24)/t18-/m1/s1. The third kappa shape index (κ3) is 3.42. The molecule has 150 valence electrons. The zero-order valence-electron chi connectivity index (χ0n) is 16.4. The van der Waals surface area contributed by atoms with Gasteiger partial charge in [0.15, 0.2) is 0 Å². The average Bonchev–Trinajstić information content (AvgIpc) is 3.24. The van der Waals surface area contributed by atoms with Gasteiger partial charge in [0.2, 0.25) is 0 Å². The second kappa shape index (κ2) is 7.08. The Bertz CT molecular complexity index is 1080. The molecule has 5 rings (SSSR count). The number of nitrogens with one attached hydrogen (secondary N) is 1. The summed E-state index contributed by atoms with van der Waals surface area (Å²) in [5, 5.41) is 9.76. The average molecular weight is 392 g/mol. The van der Waals surface area contributed by atoms with Gasteiger partial charge in [-0.25, -0.2) is 9.78 Å². The number of H-pyrrole nitrogens is 1. The number of nitrogens with zero attached hydrogens (tertiary/aromatic N) is 3. The molecule has 7 heteroatoms. The number of amides is 2. The number of carbonyl (C=O) groups excluding carboxylic acids is 1. The van der Waals surface area contributed by atoms with Gasteiger partial charge in [0, 0.05) is 18.7 Å². The number of aromatic amines is 1. The minimum absolute atomic E-state index is 0.0299. The first kappa shape index (κ1) is 18.0. The number of benzene rings is 2. The van der Waals surface area contributed by atoms with Gasteiger partial charge in [-0.15, -0.1) is 0 Å². The van der Waals surface area contributed by atoms with Crippen LogP contribution in [0.15, 0.2) is 36.4 Å². The van der Waals surface area contributed by atoms with Gasteiger partial charge in [-0.3, -0.25) is 0 Å². The molecule has 0 saturated carbocycles. The number of aliphatic hydroxyl groups is 1. The minimum Gasteiger partial charge on any atom is -0.491 e. The predicted molar refractivity (Wildman–Crippen MR) is 110 cm³/mol. The van der Waals surface area contributed by atoms with Crippen LogP contribution in [0.2, 0.25) is 0 Å². The molecule has 0 spiro atoms. The lowest BCUT2D eigenvalue weighted by atomic mass is 10.0. The summed E-state index contributed by atoms with van der Waals surface area (Å²) in [5.74, 6) is 1.72. The molecule has 2 aromatic carbocycles. The van der Waals surface area contributed by atoms with Crippen molar-refractivity contribution >= 4 is 17.1 Å². The Morgan fingerprint density at radius 2 is 2.00 bits per heavy atom. The molecule has 1 aromatic heterocycles. The number of urea groups is 1. The molecular formula is C22H24N4O3. The highest BCUT2D eigenvalue weighted by Crippen LogP contribution is 2.31. The summed E-state index contributed by atoms with van der Waals surface area (Å²) in [4.78, 5) is 24.2. The monoisotopic (exact) mass is 392 g/mol. The van der Waals surface area contributed by atoms with Gasteiger partial charge in [0.25, 0.3) is 0 Å². The van der Waals surface area contributed by atoms with Gasteiger partial charge in [-0.1, -0.05) is 12.1 Å². The summed E-state index contributed by atoms with van der Waals surface area (Å²) in [6.07, 6.45) is 0.230. The van der Waals surface area contributed by atoms with Gasteiger partial charge in [-0.2, -0.15) is 0 Å². The smallest absolute Gasteiger partial charge is 0.320 e. The Morgan fingerprint density at radius 3 is 2.83 bits per heavy atom. The Kier molecular flexibility index (Phi) is 4.39. The predicted octanol–water partition coefficient (Wildman–Crippen LogP) is 2.92. The fourth-order valence-corrected chi connectivity index (χ4v) is 4.17. The largest absolute Gasteiger partial charge is 0.491 e. The van der Waals surface area contributed by atoms with Crippen LogP contribution in [0, 0.1) is 6.92 Å². The van der Waals surface area contributed by atoms with Crippen LogP contribution in [0.1, 0.15) is 17.8 Å². The maximum Gasteiger partial charge on any atom is 0.320 e. The quantitative estimate of drug-likeness (QED) is 0.667. The van der Waals surface area contributed by atoms with Crippen LogP contribution in [0.25, 0.3) is 22.2 Å². The molecule has 2 aliphatic heterocycles. The normalized spacial score (nSPS) is 19.2. The van der Waals surface area contributed by atoms with Crippen molar-refractivity contribution in [2.45, 2.75) is 26.0 Å².